The van der Waals surface area contributed by atoms with E-state index in [4.69, 9.17) is 10.5 Å². The van der Waals surface area contributed by atoms with Crippen LogP contribution in [0.1, 0.15) is 24.5 Å². The van der Waals surface area contributed by atoms with Crippen molar-refractivity contribution >= 4 is 0 Å². The van der Waals surface area contributed by atoms with Crippen molar-refractivity contribution in [3.63, 3.8) is 0 Å². The Balaban J connectivity index is 2.27. The first kappa shape index (κ1) is 10.5. The van der Waals surface area contributed by atoms with Crippen LogP contribution in [0.4, 0.5) is 8.78 Å². The molecular weight excluding hydrogens is 200 g/mol. The van der Waals surface area contributed by atoms with Crippen molar-refractivity contribution in [1.29, 1.82) is 0 Å². The smallest absolute Gasteiger partial charge is 0.126 e. The SMILES string of the molecule is NC1CCCOC1c1cc(F)cc(F)c1. The summed E-state index contributed by atoms with van der Waals surface area (Å²) < 4.78 is 31.4. The Hall–Kier alpha value is -1.00. The first-order valence-corrected chi connectivity index (χ1v) is 5.00. The van der Waals surface area contributed by atoms with Crippen LogP contribution in [-0.2, 0) is 4.74 Å². The number of halogens is 2. The van der Waals surface area contributed by atoms with E-state index < -0.39 is 11.6 Å². The molecule has 82 valence electrons. The van der Waals surface area contributed by atoms with Crippen molar-refractivity contribution in [2.75, 3.05) is 6.61 Å². The third-order valence-electron chi connectivity index (χ3n) is 2.58. The summed E-state index contributed by atoms with van der Waals surface area (Å²) in [5.41, 5.74) is 6.33. The lowest BCUT2D eigenvalue weighted by atomic mass is 9.97. The highest BCUT2D eigenvalue weighted by Crippen LogP contribution is 2.27. The van der Waals surface area contributed by atoms with Gasteiger partial charge in [-0.2, -0.15) is 0 Å². The lowest BCUT2D eigenvalue weighted by Gasteiger charge is -2.29. The molecule has 4 heteroatoms. The van der Waals surface area contributed by atoms with Crippen molar-refractivity contribution in [2.45, 2.75) is 25.0 Å². The molecule has 1 saturated heterocycles. The van der Waals surface area contributed by atoms with E-state index in [-0.39, 0.29) is 12.1 Å². The van der Waals surface area contributed by atoms with Gasteiger partial charge in [-0.3, -0.25) is 0 Å². The van der Waals surface area contributed by atoms with Crippen LogP contribution in [0, 0.1) is 11.6 Å². The molecule has 1 heterocycles. The Kier molecular flexibility index (Phi) is 2.98. The highest BCUT2D eigenvalue weighted by Gasteiger charge is 2.24. The second kappa shape index (κ2) is 4.24. The van der Waals surface area contributed by atoms with E-state index >= 15 is 0 Å². The fourth-order valence-corrected chi connectivity index (χ4v) is 1.89. The molecule has 15 heavy (non-hydrogen) atoms. The van der Waals surface area contributed by atoms with Crippen LogP contribution >= 0.6 is 0 Å². The van der Waals surface area contributed by atoms with E-state index in [1.54, 1.807) is 0 Å². The van der Waals surface area contributed by atoms with Crippen LogP contribution in [0.25, 0.3) is 0 Å². The lowest BCUT2D eigenvalue weighted by molar-refractivity contribution is -0.000185. The fourth-order valence-electron chi connectivity index (χ4n) is 1.89. The van der Waals surface area contributed by atoms with Gasteiger partial charge in [-0.15, -0.1) is 0 Å². The summed E-state index contributed by atoms with van der Waals surface area (Å²) in [4.78, 5) is 0. The molecule has 1 fully saturated rings. The molecule has 2 unspecified atom stereocenters. The summed E-state index contributed by atoms with van der Waals surface area (Å²) in [6, 6.07) is 3.22. The Bertz CT molecular complexity index is 336. The maximum Gasteiger partial charge on any atom is 0.126 e. The average Bonchev–Trinajstić information content (AvgIpc) is 2.16. The highest BCUT2D eigenvalue weighted by molar-refractivity contribution is 5.22. The Morgan fingerprint density at radius 3 is 2.47 bits per heavy atom. The summed E-state index contributed by atoms with van der Waals surface area (Å²) in [5, 5.41) is 0. The van der Waals surface area contributed by atoms with Crippen LogP contribution < -0.4 is 5.73 Å². The fraction of sp³-hybridized carbons (Fsp3) is 0.455. The van der Waals surface area contributed by atoms with Gasteiger partial charge in [0, 0.05) is 18.7 Å². The molecule has 1 aliphatic heterocycles. The van der Waals surface area contributed by atoms with Crippen molar-refractivity contribution < 1.29 is 13.5 Å². The molecule has 0 saturated carbocycles. The zero-order chi connectivity index (χ0) is 10.8. The van der Waals surface area contributed by atoms with Gasteiger partial charge in [-0.05, 0) is 30.5 Å². The first-order chi connectivity index (χ1) is 7.16. The Labute approximate surface area is 87.0 Å². The number of ether oxygens (including phenoxy) is 1. The maximum absolute atomic E-state index is 13.0. The molecule has 1 aliphatic rings. The molecule has 0 spiro atoms. The molecule has 1 aromatic rings. The maximum atomic E-state index is 13.0. The van der Waals surface area contributed by atoms with Crippen molar-refractivity contribution in [3.05, 3.63) is 35.4 Å². The molecule has 2 N–H and O–H groups in total. The summed E-state index contributed by atoms with van der Waals surface area (Å²) in [6.45, 7) is 0.594. The van der Waals surface area contributed by atoms with Gasteiger partial charge in [0.1, 0.15) is 11.6 Å². The molecule has 1 aromatic carbocycles. The van der Waals surface area contributed by atoms with Gasteiger partial charge in [0.15, 0.2) is 0 Å². The van der Waals surface area contributed by atoms with Gasteiger partial charge >= 0.3 is 0 Å². The van der Waals surface area contributed by atoms with E-state index in [0.29, 0.717) is 12.2 Å². The number of hydrogen-bond acceptors (Lipinski definition) is 2. The second-order valence-electron chi connectivity index (χ2n) is 3.80. The van der Waals surface area contributed by atoms with Crippen LogP contribution in [0.3, 0.4) is 0 Å². The van der Waals surface area contributed by atoms with Crippen LogP contribution in [0.2, 0.25) is 0 Å². The van der Waals surface area contributed by atoms with Gasteiger partial charge in [0.2, 0.25) is 0 Å². The van der Waals surface area contributed by atoms with Gasteiger partial charge in [0.05, 0.1) is 6.10 Å². The first-order valence-electron chi connectivity index (χ1n) is 5.00. The molecule has 0 bridgehead atoms. The summed E-state index contributed by atoms with van der Waals surface area (Å²) >= 11 is 0. The van der Waals surface area contributed by atoms with Crippen molar-refractivity contribution in [3.8, 4) is 0 Å². The van der Waals surface area contributed by atoms with E-state index in [1.165, 1.54) is 12.1 Å². The quantitative estimate of drug-likeness (QED) is 0.775. The monoisotopic (exact) mass is 213 g/mol. The van der Waals surface area contributed by atoms with Crippen molar-refractivity contribution in [2.24, 2.45) is 5.73 Å². The summed E-state index contributed by atoms with van der Waals surface area (Å²) in [7, 11) is 0. The lowest BCUT2D eigenvalue weighted by Crippen LogP contribution is -2.34. The van der Waals surface area contributed by atoms with E-state index in [1.807, 2.05) is 0 Å². The second-order valence-corrected chi connectivity index (χ2v) is 3.80. The standard InChI is InChI=1S/C11H13F2NO/c12-8-4-7(5-9(13)6-8)11-10(14)2-1-3-15-11/h4-6,10-11H,1-3,14H2. The zero-order valence-corrected chi connectivity index (χ0v) is 8.25. The van der Waals surface area contributed by atoms with Crippen molar-refractivity contribution in [1.82, 2.24) is 0 Å². The molecule has 2 nitrogen and oxygen atoms in total. The predicted molar refractivity (Wildman–Crippen MR) is 52.3 cm³/mol. The van der Waals surface area contributed by atoms with E-state index in [2.05, 4.69) is 0 Å². The number of nitrogens with two attached hydrogens (primary N) is 1. The van der Waals surface area contributed by atoms with E-state index in [9.17, 15) is 8.78 Å². The topological polar surface area (TPSA) is 35.2 Å². The largest absolute Gasteiger partial charge is 0.372 e. The van der Waals surface area contributed by atoms with Crippen LogP contribution in [0.5, 0.6) is 0 Å². The number of hydrogen-bond donors (Lipinski definition) is 1. The van der Waals surface area contributed by atoms with E-state index in [0.717, 1.165) is 18.9 Å². The van der Waals surface area contributed by atoms with Gasteiger partial charge < -0.3 is 10.5 Å². The summed E-state index contributed by atoms with van der Waals surface area (Å²) in [5.74, 6) is -1.18. The number of benzene rings is 1. The molecule has 0 aliphatic carbocycles. The van der Waals surface area contributed by atoms with Gasteiger partial charge in [0.25, 0.3) is 0 Å². The predicted octanol–water partition coefficient (Wildman–Crippen LogP) is 2.14. The van der Waals surface area contributed by atoms with Gasteiger partial charge in [-0.25, -0.2) is 8.78 Å². The minimum absolute atomic E-state index is 0.181. The van der Waals surface area contributed by atoms with Crippen LogP contribution in [-0.4, -0.2) is 12.6 Å². The van der Waals surface area contributed by atoms with Gasteiger partial charge in [-0.1, -0.05) is 0 Å². The van der Waals surface area contributed by atoms with Crippen LogP contribution in [0.15, 0.2) is 18.2 Å². The third-order valence-corrected chi connectivity index (χ3v) is 2.58. The Morgan fingerprint density at radius 1 is 1.20 bits per heavy atom. The molecular formula is C11H13F2NO. The third kappa shape index (κ3) is 2.33. The normalized spacial score (nSPS) is 26.6. The molecule has 2 atom stereocenters. The zero-order valence-electron chi connectivity index (χ0n) is 8.25. The number of rotatable bonds is 1. The highest BCUT2D eigenvalue weighted by atomic mass is 19.1. The molecule has 0 aromatic heterocycles. The molecule has 0 amide bonds. The summed E-state index contributed by atoms with van der Waals surface area (Å²) in [6.07, 6.45) is 1.34. The Morgan fingerprint density at radius 2 is 1.87 bits per heavy atom. The minimum Gasteiger partial charge on any atom is -0.372 e. The molecule has 2 rings (SSSR count). The molecule has 0 radical (unpaired) electrons. The minimum atomic E-state index is -0.591. The average molecular weight is 213 g/mol.